The van der Waals surface area contributed by atoms with Gasteiger partial charge in [0.1, 0.15) is 11.1 Å². The molecule has 0 N–H and O–H groups in total. The van der Waals surface area contributed by atoms with Crippen molar-refractivity contribution in [2.45, 2.75) is 25.7 Å². The minimum Gasteiger partial charge on any atom is -0.297 e. The number of nitrogens with zero attached hydrogens (tertiary/aromatic N) is 2. The maximum Gasteiger partial charge on any atom is 0.235 e. The number of rotatable bonds is 1. The summed E-state index contributed by atoms with van der Waals surface area (Å²) in [7, 11) is 0. The van der Waals surface area contributed by atoms with Gasteiger partial charge in [0.25, 0.3) is 0 Å². The van der Waals surface area contributed by atoms with Crippen molar-refractivity contribution < 1.29 is 9.59 Å². The molecule has 0 radical (unpaired) electrons. The Morgan fingerprint density at radius 2 is 2.12 bits per heavy atom. The summed E-state index contributed by atoms with van der Waals surface area (Å²) in [4.78, 5) is 25.6. The first-order valence-electron chi connectivity index (χ1n) is 5.57. The molecule has 0 bridgehead atoms. The highest BCUT2D eigenvalue weighted by Crippen LogP contribution is 2.41. The van der Waals surface area contributed by atoms with Crippen LogP contribution in [0.4, 0.5) is 5.00 Å². The molecule has 1 aromatic rings. The van der Waals surface area contributed by atoms with Crippen molar-refractivity contribution in [3.63, 3.8) is 0 Å². The number of hydrogen-bond acceptors (Lipinski definition) is 4. The first kappa shape index (κ1) is 10.5. The Hall–Kier alpha value is -1.67. The Morgan fingerprint density at radius 3 is 2.76 bits per heavy atom. The summed E-state index contributed by atoms with van der Waals surface area (Å²) in [6.45, 7) is 0.132. The van der Waals surface area contributed by atoms with Crippen molar-refractivity contribution in [3.05, 3.63) is 16.0 Å². The maximum atomic E-state index is 11.7. The quantitative estimate of drug-likeness (QED) is 0.704. The Morgan fingerprint density at radius 1 is 1.29 bits per heavy atom. The first-order valence-corrected chi connectivity index (χ1v) is 6.39. The van der Waals surface area contributed by atoms with Crippen molar-refractivity contribution >= 4 is 28.0 Å². The number of fused-ring (bicyclic) bond motifs is 1. The number of carbonyl (C=O) groups is 2. The second-order valence-electron chi connectivity index (χ2n) is 4.34. The number of carbonyl (C=O) groups excluding carboxylic acids is 2. The van der Waals surface area contributed by atoms with E-state index in [1.165, 1.54) is 21.1 Å². The first-order chi connectivity index (χ1) is 8.20. The lowest BCUT2D eigenvalue weighted by molar-refractivity contribution is -0.121. The summed E-state index contributed by atoms with van der Waals surface area (Å²) in [5.41, 5.74) is 1.71. The van der Waals surface area contributed by atoms with E-state index in [1.807, 2.05) is 0 Å². The van der Waals surface area contributed by atoms with Gasteiger partial charge in [-0.05, 0) is 24.8 Å². The molecule has 2 heterocycles. The van der Waals surface area contributed by atoms with Crippen LogP contribution < -0.4 is 4.90 Å². The molecular formula is C12H10N2O2S. The second-order valence-corrected chi connectivity index (χ2v) is 5.43. The molecule has 0 saturated carbocycles. The van der Waals surface area contributed by atoms with Gasteiger partial charge in [0.2, 0.25) is 5.91 Å². The number of Topliss-reactive ketones (excluding diaryl/α,β-unsaturated/α-hetero) is 1. The van der Waals surface area contributed by atoms with Crippen molar-refractivity contribution in [1.29, 1.82) is 5.26 Å². The van der Waals surface area contributed by atoms with Crippen LogP contribution in [0.5, 0.6) is 0 Å². The second kappa shape index (κ2) is 3.67. The van der Waals surface area contributed by atoms with Crippen molar-refractivity contribution in [2.75, 3.05) is 11.4 Å². The molecule has 0 atom stereocenters. The minimum absolute atomic E-state index is 0.0204. The van der Waals surface area contributed by atoms with Crippen LogP contribution in [0.2, 0.25) is 0 Å². The lowest BCUT2D eigenvalue weighted by Gasteiger charge is -2.12. The Labute approximate surface area is 102 Å². The van der Waals surface area contributed by atoms with E-state index in [4.69, 9.17) is 0 Å². The Bertz CT molecular complexity index is 568. The molecule has 2 aliphatic rings. The summed E-state index contributed by atoms with van der Waals surface area (Å²) < 4.78 is 0. The van der Waals surface area contributed by atoms with Crippen molar-refractivity contribution in [1.82, 2.24) is 0 Å². The summed E-state index contributed by atoms with van der Waals surface area (Å²) in [5.74, 6) is -0.237. The highest BCUT2D eigenvalue weighted by atomic mass is 32.1. The predicted octanol–water partition coefficient (Wildman–Crippen LogP) is 1.41. The van der Waals surface area contributed by atoms with Crippen LogP contribution in [-0.4, -0.2) is 18.2 Å². The zero-order valence-corrected chi connectivity index (χ0v) is 9.97. The third kappa shape index (κ3) is 1.48. The lowest BCUT2D eigenvalue weighted by atomic mass is 10.1. The van der Waals surface area contributed by atoms with Crippen molar-refractivity contribution in [2.24, 2.45) is 0 Å². The molecule has 86 valence electrons. The standard InChI is InChI=1S/C12H10N2O2S/c13-5-9-8-2-1-3-10(8)17-12(9)14-6-7(15)4-11(14)16/h1-4,6H2. The SMILES string of the molecule is N#Cc1c(N2CC(=O)CC2=O)sc2c1CCC2. The topological polar surface area (TPSA) is 61.2 Å². The van der Waals surface area contributed by atoms with E-state index in [-0.39, 0.29) is 24.7 Å². The van der Waals surface area contributed by atoms with Crippen LogP contribution in [0, 0.1) is 11.3 Å². The Balaban J connectivity index is 2.07. The number of hydrogen-bond donors (Lipinski definition) is 0. The van der Waals surface area contributed by atoms with Crippen LogP contribution in [-0.2, 0) is 22.4 Å². The number of aryl methyl sites for hydroxylation is 1. The summed E-state index contributed by atoms with van der Waals surface area (Å²) in [5, 5.41) is 9.91. The van der Waals surface area contributed by atoms with Crippen LogP contribution >= 0.6 is 11.3 Å². The third-order valence-corrected chi connectivity index (χ3v) is 4.56. The van der Waals surface area contributed by atoms with Gasteiger partial charge in [-0.2, -0.15) is 5.26 Å². The summed E-state index contributed by atoms with van der Waals surface area (Å²) in [6.07, 6.45) is 2.98. The van der Waals surface area contributed by atoms with Gasteiger partial charge in [-0.25, -0.2) is 0 Å². The average Bonchev–Trinajstić information content (AvgIpc) is 2.91. The highest BCUT2D eigenvalue weighted by molar-refractivity contribution is 7.16. The molecule has 1 saturated heterocycles. The minimum atomic E-state index is -0.175. The highest BCUT2D eigenvalue weighted by Gasteiger charge is 2.33. The zero-order valence-electron chi connectivity index (χ0n) is 9.15. The van der Waals surface area contributed by atoms with E-state index in [2.05, 4.69) is 6.07 Å². The smallest absolute Gasteiger partial charge is 0.235 e. The van der Waals surface area contributed by atoms with Crippen LogP contribution in [0.3, 0.4) is 0 Å². The largest absolute Gasteiger partial charge is 0.297 e. The zero-order chi connectivity index (χ0) is 12.0. The maximum absolute atomic E-state index is 11.7. The molecule has 0 aromatic carbocycles. The molecule has 1 amide bonds. The van der Waals surface area contributed by atoms with E-state index in [0.717, 1.165) is 24.8 Å². The molecule has 0 spiro atoms. The normalized spacial score (nSPS) is 18.6. The molecule has 1 fully saturated rings. The van der Waals surface area contributed by atoms with E-state index in [9.17, 15) is 14.9 Å². The van der Waals surface area contributed by atoms with Gasteiger partial charge in [-0.1, -0.05) is 0 Å². The van der Waals surface area contributed by atoms with Crippen LogP contribution in [0.25, 0.3) is 0 Å². The fourth-order valence-electron chi connectivity index (χ4n) is 2.46. The molecule has 1 aliphatic heterocycles. The van der Waals surface area contributed by atoms with Gasteiger partial charge in [-0.3, -0.25) is 14.5 Å². The number of amides is 1. The predicted molar refractivity (Wildman–Crippen MR) is 63.0 cm³/mol. The number of ketones is 1. The fraction of sp³-hybridized carbons (Fsp3) is 0.417. The van der Waals surface area contributed by atoms with Gasteiger partial charge in [0.15, 0.2) is 5.78 Å². The molecule has 0 unspecified atom stereocenters. The van der Waals surface area contributed by atoms with Gasteiger partial charge in [-0.15, -0.1) is 11.3 Å². The van der Waals surface area contributed by atoms with Crippen molar-refractivity contribution in [3.8, 4) is 6.07 Å². The van der Waals surface area contributed by atoms with Gasteiger partial charge in [0.05, 0.1) is 18.5 Å². The average molecular weight is 246 g/mol. The fourth-order valence-corrected chi connectivity index (χ4v) is 3.82. The van der Waals surface area contributed by atoms with E-state index in [0.29, 0.717) is 10.6 Å². The summed E-state index contributed by atoms with van der Waals surface area (Å²) in [6, 6.07) is 2.19. The van der Waals surface area contributed by atoms with E-state index >= 15 is 0 Å². The number of thiophene rings is 1. The molecule has 1 aromatic heterocycles. The Kier molecular flexibility index (Phi) is 2.26. The lowest BCUT2D eigenvalue weighted by Crippen LogP contribution is -2.24. The van der Waals surface area contributed by atoms with Gasteiger partial charge < -0.3 is 0 Å². The van der Waals surface area contributed by atoms with E-state index in [1.54, 1.807) is 0 Å². The third-order valence-electron chi connectivity index (χ3n) is 3.24. The van der Waals surface area contributed by atoms with Gasteiger partial charge >= 0.3 is 0 Å². The monoisotopic (exact) mass is 246 g/mol. The molecular weight excluding hydrogens is 236 g/mol. The van der Waals surface area contributed by atoms with E-state index < -0.39 is 0 Å². The molecule has 3 rings (SSSR count). The van der Waals surface area contributed by atoms with Crippen LogP contribution in [0.1, 0.15) is 28.8 Å². The molecule has 5 heteroatoms. The summed E-state index contributed by atoms with van der Waals surface area (Å²) >= 11 is 1.51. The molecule has 17 heavy (non-hydrogen) atoms. The number of anilines is 1. The van der Waals surface area contributed by atoms with Gasteiger partial charge in [0, 0.05) is 4.88 Å². The number of nitriles is 1. The molecule has 4 nitrogen and oxygen atoms in total. The molecule has 1 aliphatic carbocycles. The van der Waals surface area contributed by atoms with Crippen LogP contribution in [0.15, 0.2) is 0 Å².